The highest BCUT2D eigenvalue weighted by Gasteiger charge is 2.14. The minimum Gasteiger partial charge on any atom is -0.207 e. The van der Waals surface area contributed by atoms with Crippen LogP contribution in [0.5, 0.6) is 0 Å². The molecule has 0 saturated carbocycles. The second-order valence-corrected chi connectivity index (χ2v) is 8.02. The van der Waals surface area contributed by atoms with Crippen LogP contribution in [0, 0.1) is 0 Å². The van der Waals surface area contributed by atoms with Crippen LogP contribution in [-0.2, 0) is 0 Å². The minimum atomic E-state index is -0.142. The van der Waals surface area contributed by atoms with Gasteiger partial charge in [-0.15, -0.1) is 12.6 Å². The van der Waals surface area contributed by atoms with E-state index < -0.39 is 0 Å². The second kappa shape index (κ2) is 4.62. The van der Waals surface area contributed by atoms with E-state index in [2.05, 4.69) is 40.3 Å². The van der Waals surface area contributed by atoms with E-state index in [0.29, 0.717) is 10.5 Å². The molecule has 0 heterocycles. The van der Waals surface area contributed by atoms with Gasteiger partial charge >= 0.3 is 0 Å². The van der Waals surface area contributed by atoms with E-state index in [9.17, 15) is 0 Å². The Labute approximate surface area is 77.5 Å². The van der Waals surface area contributed by atoms with Gasteiger partial charge < -0.3 is 0 Å². The van der Waals surface area contributed by atoms with Gasteiger partial charge in [-0.3, -0.25) is 0 Å². The Morgan fingerprint density at radius 3 is 1.50 bits per heavy atom. The molecule has 0 aliphatic carbocycles. The first-order chi connectivity index (χ1) is 4.46. The lowest BCUT2D eigenvalue weighted by Crippen LogP contribution is -2.11. The Morgan fingerprint density at radius 1 is 1.20 bits per heavy atom. The van der Waals surface area contributed by atoms with Gasteiger partial charge in [0, 0.05) is 0 Å². The largest absolute Gasteiger partial charge is 0.207 e. The van der Waals surface area contributed by atoms with Gasteiger partial charge in [0.1, 0.15) is 0 Å². The molecule has 0 unspecified atom stereocenters. The maximum atomic E-state index is 5.06. The third kappa shape index (κ3) is 3.26. The average Bonchev–Trinajstić information content (AvgIpc) is 1.59. The molecule has 0 amide bonds. The maximum absolute atomic E-state index is 5.06. The summed E-state index contributed by atoms with van der Waals surface area (Å²) in [7, 11) is -0.142. The molecule has 0 rings (SSSR count). The molecule has 0 aliphatic rings. The Morgan fingerprint density at radius 2 is 1.50 bits per heavy atom. The van der Waals surface area contributed by atoms with Crippen LogP contribution in [-0.4, -0.2) is 14.0 Å². The van der Waals surface area contributed by atoms with E-state index in [1.165, 1.54) is 0 Å². The smallest absolute Gasteiger partial charge is 0.0815 e. The van der Waals surface area contributed by atoms with E-state index in [4.69, 9.17) is 12.2 Å². The van der Waals surface area contributed by atoms with Crippen LogP contribution in [0.4, 0.5) is 0 Å². The normalized spacial score (nSPS) is 12.5. The number of thiocarbonyl (C=S) groups is 1. The van der Waals surface area contributed by atoms with Crippen LogP contribution in [0.3, 0.4) is 0 Å². The zero-order valence-electron chi connectivity index (χ0n) is 6.96. The zero-order chi connectivity index (χ0) is 8.31. The van der Waals surface area contributed by atoms with Crippen molar-refractivity contribution in [2.75, 3.05) is 0 Å². The summed E-state index contributed by atoms with van der Waals surface area (Å²) in [5.41, 5.74) is 0. The minimum absolute atomic E-state index is 0.142. The number of rotatable bonds is 2. The van der Waals surface area contributed by atoms with Crippen LogP contribution in [0.15, 0.2) is 0 Å². The summed E-state index contributed by atoms with van der Waals surface area (Å²) in [6.07, 6.45) is 0. The van der Waals surface area contributed by atoms with Crippen LogP contribution in [0.25, 0.3) is 0 Å². The van der Waals surface area contributed by atoms with Crippen molar-refractivity contribution in [3.8, 4) is 0 Å². The molecule has 3 heteroatoms. The average molecular weight is 196 g/mol. The van der Waals surface area contributed by atoms with Crippen LogP contribution in [0.2, 0.25) is 0 Å². The SMILES string of the molecule is CC(C)[SH](C(=S)S)C(C)C. The Bertz CT molecular complexity index is 110. The predicted molar refractivity (Wildman–Crippen MR) is 60.8 cm³/mol. The van der Waals surface area contributed by atoms with Gasteiger partial charge in [-0.1, -0.05) is 39.9 Å². The van der Waals surface area contributed by atoms with Gasteiger partial charge in [0.15, 0.2) is 0 Å². The Hall–Kier alpha value is 0.790. The lowest BCUT2D eigenvalue weighted by molar-refractivity contribution is 1.04. The van der Waals surface area contributed by atoms with Crippen molar-refractivity contribution in [3.05, 3.63) is 0 Å². The van der Waals surface area contributed by atoms with Crippen molar-refractivity contribution in [1.82, 2.24) is 0 Å². The summed E-state index contributed by atoms with van der Waals surface area (Å²) in [4.78, 5) is 0. The molecule has 0 fully saturated rings. The molecule has 0 N–H and O–H groups in total. The van der Waals surface area contributed by atoms with E-state index >= 15 is 0 Å². The monoisotopic (exact) mass is 196 g/mol. The number of hydrogen-bond acceptors (Lipinski definition) is 1. The third-order valence-electron chi connectivity index (χ3n) is 1.33. The first-order valence-corrected chi connectivity index (χ1v) is 5.81. The molecular formula is C7H16S3. The fourth-order valence-corrected chi connectivity index (χ4v) is 5.76. The van der Waals surface area contributed by atoms with Gasteiger partial charge in [-0.2, -0.15) is 0 Å². The highest BCUT2D eigenvalue weighted by molar-refractivity contribution is 8.50. The summed E-state index contributed by atoms with van der Waals surface area (Å²) < 4.78 is 0.917. The molecule has 0 nitrogen and oxygen atoms in total. The van der Waals surface area contributed by atoms with E-state index in [-0.39, 0.29) is 10.9 Å². The van der Waals surface area contributed by atoms with E-state index in [1.54, 1.807) is 0 Å². The van der Waals surface area contributed by atoms with Crippen molar-refractivity contribution >= 4 is 39.3 Å². The van der Waals surface area contributed by atoms with Crippen molar-refractivity contribution < 1.29 is 0 Å². The molecule has 0 atom stereocenters. The molecule has 10 heavy (non-hydrogen) atoms. The molecule has 0 aromatic rings. The van der Waals surface area contributed by atoms with Gasteiger partial charge in [-0.25, -0.2) is 10.9 Å². The van der Waals surface area contributed by atoms with Crippen molar-refractivity contribution in [3.63, 3.8) is 0 Å². The van der Waals surface area contributed by atoms with Gasteiger partial charge in [0.2, 0.25) is 0 Å². The molecule has 0 aromatic carbocycles. The molecule has 0 saturated heterocycles. The van der Waals surface area contributed by atoms with Gasteiger partial charge in [0.25, 0.3) is 0 Å². The fraction of sp³-hybridized carbons (Fsp3) is 0.857. The van der Waals surface area contributed by atoms with Crippen LogP contribution >= 0.6 is 35.7 Å². The van der Waals surface area contributed by atoms with Crippen molar-refractivity contribution in [2.24, 2.45) is 0 Å². The topological polar surface area (TPSA) is 0 Å². The lowest BCUT2D eigenvalue weighted by Gasteiger charge is -2.27. The zero-order valence-corrected chi connectivity index (χ0v) is 9.56. The quantitative estimate of drug-likeness (QED) is 0.506. The summed E-state index contributed by atoms with van der Waals surface area (Å²) >= 11 is 9.29. The van der Waals surface area contributed by atoms with E-state index in [1.807, 2.05) is 0 Å². The van der Waals surface area contributed by atoms with Crippen LogP contribution in [0.1, 0.15) is 27.7 Å². The highest BCUT2D eigenvalue weighted by Crippen LogP contribution is 2.39. The molecule has 0 aliphatic heterocycles. The number of thiol groups is 2. The summed E-state index contributed by atoms with van der Waals surface area (Å²) in [5, 5.41) is 1.36. The first kappa shape index (κ1) is 10.8. The van der Waals surface area contributed by atoms with Gasteiger partial charge in [0.05, 0.1) is 3.53 Å². The summed E-state index contributed by atoms with van der Waals surface area (Å²) in [6.45, 7) is 8.87. The van der Waals surface area contributed by atoms with Crippen molar-refractivity contribution in [2.45, 2.75) is 38.2 Å². The summed E-state index contributed by atoms with van der Waals surface area (Å²) in [6, 6.07) is 0. The highest BCUT2D eigenvalue weighted by atomic mass is 32.3. The second-order valence-electron chi connectivity index (χ2n) is 2.88. The van der Waals surface area contributed by atoms with E-state index in [0.717, 1.165) is 3.53 Å². The fourth-order valence-electron chi connectivity index (χ4n) is 1.04. The molecule has 0 bridgehead atoms. The van der Waals surface area contributed by atoms with Crippen molar-refractivity contribution in [1.29, 1.82) is 0 Å². The predicted octanol–water partition coefficient (Wildman–Crippen LogP) is 3.02. The molecule has 0 spiro atoms. The molecule has 0 aromatic heterocycles. The summed E-state index contributed by atoms with van der Waals surface area (Å²) in [5.74, 6) is 0. The maximum Gasteiger partial charge on any atom is 0.0815 e. The van der Waals surface area contributed by atoms with Crippen LogP contribution < -0.4 is 0 Å². The Balaban J connectivity index is 4.12. The standard InChI is InChI=1S/C7H16S3/c1-5(2)10(6(3)4)7(8)9/h5-6,10H,1-4H3,(H,8,9). The lowest BCUT2D eigenvalue weighted by atomic mass is 10.5. The Kier molecular flexibility index (Phi) is 4.99. The third-order valence-corrected chi connectivity index (χ3v) is 5.33. The molecule has 0 radical (unpaired) electrons. The first-order valence-electron chi connectivity index (χ1n) is 3.48. The molecular weight excluding hydrogens is 180 g/mol. The molecule has 62 valence electrons. The van der Waals surface area contributed by atoms with Gasteiger partial charge in [-0.05, 0) is 10.5 Å². The number of hydrogen-bond donors (Lipinski definition) is 2.